The van der Waals surface area contributed by atoms with Gasteiger partial charge in [0.1, 0.15) is 6.10 Å². The van der Waals surface area contributed by atoms with Crippen LogP contribution in [0.5, 0.6) is 0 Å². The first-order valence-corrected chi connectivity index (χ1v) is 7.43. The number of hydrogen-bond donors (Lipinski definition) is 0. The lowest BCUT2D eigenvalue weighted by atomic mass is 10.1. The van der Waals surface area contributed by atoms with E-state index in [2.05, 4.69) is 10.1 Å². The molecule has 116 valence electrons. The van der Waals surface area contributed by atoms with Crippen LogP contribution in [0.4, 0.5) is 0 Å². The van der Waals surface area contributed by atoms with Crippen LogP contribution in [0.15, 0.2) is 28.8 Å². The molecule has 0 saturated carbocycles. The van der Waals surface area contributed by atoms with Gasteiger partial charge in [-0.3, -0.25) is 4.79 Å². The molecular formula is C15H16ClN3O3. The quantitative estimate of drug-likeness (QED) is 0.866. The van der Waals surface area contributed by atoms with E-state index in [1.807, 2.05) is 12.1 Å². The lowest BCUT2D eigenvalue weighted by Gasteiger charge is -2.31. The van der Waals surface area contributed by atoms with E-state index in [-0.39, 0.29) is 12.0 Å². The van der Waals surface area contributed by atoms with Gasteiger partial charge in [-0.2, -0.15) is 4.98 Å². The smallest absolute Gasteiger partial charge is 0.227 e. The van der Waals surface area contributed by atoms with Crippen LogP contribution in [0.25, 0.3) is 0 Å². The van der Waals surface area contributed by atoms with Crippen LogP contribution in [-0.4, -0.2) is 40.6 Å². The molecule has 0 spiro atoms. The molecule has 1 aromatic heterocycles. The average Bonchev–Trinajstić information content (AvgIpc) is 2.94. The Bertz CT molecular complexity index is 674. The molecule has 1 saturated heterocycles. The second-order valence-electron chi connectivity index (χ2n) is 5.18. The molecule has 2 aromatic rings. The van der Waals surface area contributed by atoms with Crippen LogP contribution in [-0.2, 0) is 16.0 Å². The highest BCUT2D eigenvalue weighted by Gasteiger charge is 2.28. The number of ether oxygens (including phenoxy) is 1. The van der Waals surface area contributed by atoms with Crippen molar-refractivity contribution in [2.75, 3.05) is 19.7 Å². The molecule has 0 N–H and O–H groups in total. The van der Waals surface area contributed by atoms with E-state index in [0.717, 1.165) is 5.56 Å². The Morgan fingerprint density at radius 3 is 3.09 bits per heavy atom. The van der Waals surface area contributed by atoms with Gasteiger partial charge in [0.25, 0.3) is 0 Å². The highest BCUT2D eigenvalue weighted by atomic mass is 35.5. The van der Waals surface area contributed by atoms with Crippen molar-refractivity contribution in [3.05, 3.63) is 46.6 Å². The Morgan fingerprint density at radius 2 is 2.36 bits per heavy atom. The van der Waals surface area contributed by atoms with E-state index < -0.39 is 0 Å². The zero-order valence-electron chi connectivity index (χ0n) is 12.2. The van der Waals surface area contributed by atoms with E-state index in [0.29, 0.717) is 42.9 Å². The van der Waals surface area contributed by atoms with E-state index in [1.165, 1.54) is 0 Å². The number of benzene rings is 1. The molecule has 3 rings (SSSR count). The third-order valence-corrected chi connectivity index (χ3v) is 3.73. The van der Waals surface area contributed by atoms with Crippen LogP contribution >= 0.6 is 11.6 Å². The van der Waals surface area contributed by atoms with E-state index in [1.54, 1.807) is 24.0 Å². The Kier molecular flexibility index (Phi) is 4.40. The summed E-state index contributed by atoms with van der Waals surface area (Å²) < 4.78 is 10.6. The van der Waals surface area contributed by atoms with E-state index >= 15 is 0 Å². The van der Waals surface area contributed by atoms with Gasteiger partial charge in [-0.05, 0) is 17.7 Å². The second kappa shape index (κ2) is 6.46. The number of morpholine rings is 1. The first-order chi connectivity index (χ1) is 10.6. The minimum absolute atomic E-state index is 0.0378. The maximum atomic E-state index is 12.4. The fourth-order valence-corrected chi connectivity index (χ4v) is 2.62. The van der Waals surface area contributed by atoms with Gasteiger partial charge in [0, 0.05) is 18.5 Å². The minimum Gasteiger partial charge on any atom is -0.366 e. The van der Waals surface area contributed by atoms with Crippen LogP contribution in [0.2, 0.25) is 5.02 Å². The van der Waals surface area contributed by atoms with Crippen molar-refractivity contribution < 1.29 is 14.1 Å². The normalized spacial score (nSPS) is 18.5. The first-order valence-electron chi connectivity index (χ1n) is 7.06. The van der Waals surface area contributed by atoms with Crippen LogP contribution in [0, 0.1) is 6.92 Å². The van der Waals surface area contributed by atoms with Gasteiger partial charge < -0.3 is 14.2 Å². The number of carbonyl (C=O) groups is 1. The highest BCUT2D eigenvalue weighted by molar-refractivity contribution is 6.30. The minimum atomic E-state index is -0.338. The summed E-state index contributed by atoms with van der Waals surface area (Å²) in [5.41, 5.74) is 0.899. The van der Waals surface area contributed by atoms with Crippen LogP contribution in [0.3, 0.4) is 0 Å². The molecular weight excluding hydrogens is 306 g/mol. The molecule has 0 aliphatic carbocycles. The Labute approximate surface area is 133 Å². The number of halogens is 1. The van der Waals surface area contributed by atoms with Gasteiger partial charge in [-0.25, -0.2) is 0 Å². The van der Waals surface area contributed by atoms with Gasteiger partial charge >= 0.3 is 0 Å². The van der Waals surface area contributed by atoms with Crippen molar-refractivity contribution in [2.24, 2.45) is 0 Å². The maximum Gasteiger partial charge on any atom is 0.227 e. The van der Waals surface area contributed by atoms with Crippen molar-refractivity contribution in [3.8, 4) is 0 Å². The second-order valence-corrected chi connectivity index (χ2v) is 5.61. The number of aromatic nitrogens is 2. The summed E-state index contributed by atoms with van der Waals surface area (Å²) in [5.74, 6) is 1.01. The predicted octanol–water partition coefficient (Wildman–Crippen LogP) is 2.17. The fourth-order valence-electron chi connectivity index (χ4n) is 2.41. The standard InChI is InChI=1S/C15H16ClN3O3/c1-10-17-15(18-22-10)13-9-19(5-6-21-13)14(20)8-11-3-2-4-12(16)7-11/h2-4,7,13H,5-6,8-9H2,1H3/t13-/m1/s1. The summed E-state index contributed by atoms with van der Waals surface area (Å²) in [7, 11) is 0. The molecule has 2 heterocycles. The van der Waals surface area contributed by atoms with Gasteiger partial charge in [-0.15, -0.1) is 0 Å². The molecule has 0 unspecified atom stereocenters. The summed E-state index contributed by atoms with van der Waals surface area (Å²) in [5, 5.41) is 4.49. The lowest BCUT2D eigenvalue weighted by molar-refractivity contribution is -0.138. The van der Waals surface area contributed by atoms with Crippen molar-refractivity contribution in [1.29, 1.82) is 0 Å². The number of aryl methyl sites for hydroxylation is 1. The van der Waals surface area contributed by atoms with Gasteiger partial charge in [0.15, 0.2) is 0 Å². The molecule has 1 fully saturated rings. The molecule has 6 nitrogen and oxygen atoms in total. The van der Waals surface area contributed by atoms with Gasteiger partial charge in [0.2, 0.25) is 17.6 Å². The first kappa shape index (κ1) is 15.0. The molecule has 1 atom stereocenters. The number of hydrogen-bond acceptors (Lipinski definition) is 5. The Morgan fingerprint density at radius 1 is 1.50 bits per heavy atom. The van der Waals surface area contributed by atoms with Crippen LogP contribution in [0.1, 0.15) is 23.4 Å². The maximum absolute atomic E-state index is 12.4. The third-order valence-electron chi connectivity index (χ3n) is 3.49. The van der Waals surface area contributed by atoms with Gasteiger partial charge in [0.05, 0.1) is 19.6 Å². The van der Waals surface area contributed by atoms with Crippen molar-refractivity contribution in [2.45, 2.75) is 19.4 Å². The summed E-state index contributed by atoms with van der Waals surface area (Å²) in [6, 6.07) is 7.33. The number of carbonyl (C=O) groups excluding carboxylic acids is 1. The molecule has 7 heteroatoms. The van der Waals surface area contributed by atoms with Crippen LogP contribution < -0.4 is 0 Å². The number of amides is 1. The number of nitrogens with zero attached hydrogens (tertiary/aromatic N) is 3. The zero-order valence-corrected chi connectivity index (χ0v) is 12.9. The third kappa shape index (κ3) is 3.45. The highest BCUT2D eigenvalue weighted by Crippen LogP contribution is 2.20. The van der Waals surface area contributed by atoms with Crippen molar-refractivity contribution in [3.63, 3.8) is 0 Å². The monoisotopic (exact) mass is 321 g/mol. The molecule has 1 amide bonds. The lowest BCUT2D eigenvalue weighted by Crippen LogP contribution is -2.43. The van der Waals surface area contributed by atoms with Crippen molar-refractivity contribution >= 4 is 17.5 Å². The molecule has 1 aromatic carbocycles. The zero-order chi connectivity index (χ0) is 15.5. The fraction of sp³-hybridized carbons (Fsp3) is 0.400. The molecule has 1 aliphatic rings. The number of rotatable bonds is 3. The molecule has 0 bridgehead atoms. The Balaban J connectivity index is 1.65. The summed E-state index contributed by atoms with van der Waals surface area (Å²) in [4.78, 5) is 18.4. The van der Waals surface area contributed by atoms with Crippen molar-refractivity contribution in [1.82, 2.24) is 15.0 Å². The Hall–Kier alpha value is -1.92. The average molecular weight is 322 g/mol. The topological polar surface area (TPSA) is 68.5 Å². The largest absolute Gasteiger partial charge is 0.366 e. The summed E-state index contributed by atoms with van der Waals surface area (Å²) in [6.07, 6.45) is -0.0204. The molecule has 0 radical (unpaired) electrons. The van der Waals surface area contributed by atoms with E-state index in [9.17, 15) is 4.79 Å². The molecule has 1 aliphatic heterocycles. The SMILES string of the molecule is Cc1nc([C@H]2CN(C(=O)Cc3cccc(Cl)c3)CCO2)no1. The van der Waals surface area contributed by atoms with E-state index in [4.69, 9.17) is 20.9 Å². The predicted molar refractivity (Wildman–Crippen MR) is 79.5 cm³/mol. The summed E-state index contributed by atoms with van der Waals surface area (Å²) >= 11 is 5.95. The molecule has 22 heavy (non-hydrogen) atoms. The summed E-state index contributed by atoms with van der Waals surface area (Å²) in [6.45, 7) is 3.17. The van der Waals surface area contributed by atoms with Gasteiger partial charge in [-0.1, -0.05) is 28.9 Å².